The van der Waals surface area contributed by atoms with Crippen molar-refractivity contribution in [2.24, 2.45) is 35.5 Å². The number of aliphatic hydroxyl groups excluding tert-OH is 2. The van der Waals surface area contributed by atoms with Gasteiger partial charge in [-0.15, -0.1) is 0 Å². The monoisotopic (exact) mass is 1070 g/mol. The summed E-state index contributed by atoms with van der Waals surface area (Å²) in [6.45, 7) is 13.7. The molecule has 17 nitrogen and oxygen atoms in total. The van der Waals surface area contributed by atoms with Gasteiger partial charge in [0.05, 0.1) is 135 Å². The first-order valence-corrected chi connectivity index (χ1v) is 28.1. The Morgan fingerprint density at radius 1 is 0.465 bits per heavy atom. The topological polar surface area (TPSA) is 210 Å². The first-order chi connectivity index (χ1) is 34.3. The van der Waals surface area contributed by atoms with Gasteiger partial charge in [0, 0.05) is 38.6 Å². The van der Waals surface area contributed by atoms with Crippen molar-refractivity contribution in [3.05, 3.63) is 84.0 Å². The average Bonchev–Trinajstić information content (AvgIpc) is 4.20. The van der Waals surface area contributed by atoms with E-state index in [1.807, 2.05) is 13.8 Å². The molecule has 4 bridgehead atoms. The van der Waals surface area contributed by atoms with Gasteiger partial charge in [0.25, 0.3) is 19.2 Å². The van der Waals surface area contributed by atoms with E-state index in [-0.39, 0.29) is 29.6 Å². The molecule has 4 aliphatic rings. The van der Waals surface area contributed by atoms with Gasteiger partial charge in [0.2, 0.25) is 0 Å². The standard InChI is InChI=1S/C15H26O4.C14H22O6S.C8H12O.C7H7ClO2S.C7H16O4/c1-16-4-5-17-6-7-18-8-9-19-12-15-11-13-2-3-14(15)10-13;1-13-3-5-14(6-4-13)21(15,16)20-12-11-19-10-9-18-8-7-17-2;9-5-8-4-6-1-2-7(8)3-6;1-6-2-4-7(5-3-6)11(8,9)10;1-9-4-5-11-7-6-10-3-2-8/h2-3,13-15H,4-12H2,1H3;3-6H,7-12H2,1-2H3;1-2,6-9H,3-5H2;2-5H,1H3;8H,2-7H2,1H3. The maximum absolute atomic E-state index is 11.8. The summed E-state index contributed by atoms with van der Waals surface area (Å²) in [5, 5.41) is 17.2. The fourth-order valence-corrected chi connectivity index (χ4v) is 9.34. The number of hydrogen-bond acceptors (Lipinski definition) is 17. The molecule has 0 spiro atoms. The SMILES string of the molecule is COCCOCCOCCO.COCCOCCOCCOCC1CC2C=CC1C2.COCCOCCOCCOS(=O)(=O)c1ccc(C)cc1.Cc1ccc(S(=O)(=O)Cl)cc1.OCC1CC2C=CC1C2. The third-order valence-electron chi connectivity index (χ3n) is 11.5. The summed E-state index contributed by atoms with van der Waals surface area (Å²) >= 11 is 0. The van der Waals surface area contributed by atoms with E-state index in [4.69, 9.17) is 72.4 Å². The van der Waals surface area contributed by atoms with Gasteiger partial charge in [-0.2, -0.15) is 8.42 Å². The van der Waals surface area contributed by atoms with E-state index in [1.165, 1.54) is 49.9 Å². The van der Waals surface area contributed by atoms with Crippen molar-refractivity contribution in [3.63, 3.8) is 0 Å². The summed E-state index contributed by atoms with van der Waals surface area (Å²) in [5.41, 5.74) is 2.00. The lowest BCUT2D eigenvalue weighted by Crippen LogP contribution is -2.17. The minimum absolute atomic E-state index is 0.0196. The fourth-order valence-electron chi connectivity index (χ4n) is 7.68. The van der Waals surface area contributed by atoms with Gasteiger partial charge in [-0.25, -0.2) is 8.42 Å². The molecule has 0 aliphatic heterocycles. The maximum atomic E-state index is 11.8. The molecular formula is C51H83ClO17S2. The number of fused-ring (bicyclic) bond motifs is 4. The van der Waals surface area contributed by atoms with Crippen molar-refractivity contribution in [1.82, 2.24) is 0 Å². The van der Waals surface area contributed by atoms with E-state index in [0.29, 0.717) is 112 Å². The Balaban J connectivity index is 0.000000316. The molecule has 2 N–H and O–H groups in total. The third kappa shape index (κ3) is 30.5. The third-order valence-corrected chi connectivity index (χ3v) is 14.2. The molecule has 6 unspecified atom stereocenters. The molecule has 6 rings (SSSR count). The van der Waals surface area contributed by atoms with Crippen molar-refractivity contribution < 1.29 is 78.6 Å². The van der Waals surface area contributed by atoms with Gasteiger partial charge in [0.1, 0.15) is 0 Å². The van der Waals surface area contributed by atoms with Crippen LogP contribution in [0.2, 0.25) is 0 Å². The highest BCUT2D eigenvalue weighted by molar-refractivity contribution is 8.13. The second-order valence-corrected chi connectivity index (χ2v) is 21.2. The number of allylic oxidation sites excluding steroid dienone is 4. The second-order valence-electron chi connectivity index (χ2n) is 17.1. The van der Waals surface area contributed by atoms with Crippen LogP contribution in [0.3, 0.4) is 0 Å². The Bertz CT molecular complexity index is 1880. The van der Waals surface area contributed by atoms with E-state index in [1.54, 1.807) is 45.6 Å². The number of ether oxygens (including phenoxy) is 10. The first kappa shape index (κ1) is 64.7. The summed E-state index contributed by atoms with van der Waals surface area (Å²) in [6.07, 6.45) is 14.5. The van der Waals surface area contributed by atoms with Crippen molar-refractivity contribution in [2.75, 3.05) is 153 Å². The van der Waals surface area contributed by atoms with Crippen LogP contribution in [0.1, 0.15) is 36.8 Å². The second kappa shape index (κ2) is 40.0. The van der Waals surface area contributed by atoms with Gasteiger partial charge in [0.15, 0.2) is 0 Å². The summed E-state index contributed by atoms with van der Waals surface area (Å²) in [5.74, 6) is 4.48. The van der Waals surface area contributed by atoms with Crippen LogP contribution in [0.25, 0.3) is 0 Å². The van der Waals surface area contributed by atoms with Gasteiger partial charge in [-0.05, 0) is 99.3 Å². The lowest BCUT2D eigenvalue weighted by molar-refractivity contribution is -0.00279. The highest BCUT2D eigenvalue weighted by Crippen LogP contribution is 2.44. The lowest BCUT2D eigenvalue weighted by Gasteiger charge is -2.17. The van der Waals surface area contributed by atoms with Gasteiger partial charge in [-0.3, -0.25) is 4.18 Å². The van der Waals surface area contributed by atoms with E-state index in [0.717, 1.165) is 47.3 Å². The Hall–Kier alpha value is -2.41. The highest BCUT2D eigenvalue weighted by Gasteiger charge is 2.36. The van der Waals surface area contributed by atoms with Crippen LogP contribution < -0.4 is 0 Å². The van der Waals surface area contributed by atoms with Crippen molar-refractivity contribution in [1.29, 1.82) is 0 Å². The zero-order valence-corrected chi connectivity index (χ0v) is 45.0. The molecule has 2 fully saturated rings. The predicted molar refractivity (Wildman–Crippen MR) is 272 cm³/mol. The molecule has 4 aliphatic carbocycles. The van der Waals surface area contributed by atoms with Gasteiger partial charge < -0.3 is 57.6 Å². The normalized spacial score (nSPS) is 20.3. The number of rotatable bonds is 32. The predicted octanol–water partition coefficient (Wildman–Crippen LogP) is 6.05. The fraction of sp³-hybridized carbons (Fsp3) is 0.686. The van der Waals surface area contributed by atoms with Crippen LogP contribution in [0, 0.1) is 49.4 Å². The van der Waals surface area contributed by atoms with Crippen LogP contribution in [0.5, 0.6) is 0 Å². The molecule has 6 atom stereocenters. The number of methoxy groups -OCH3 is 3. The number of aliphatic hydroxyl groups is 2. The average molecular weight is 1070 g/mol. The van der Waals surface area contributed by atoms with Crippen molar-refractivity contribution in [2.45, 2.75) is 49.3 Å². The number of benzene rings is 2. The smallest absolute Gasteiger partial charge is 0.297 e. The lowest BCUT2D eigenvalue weighted by atomic mass is 9.95. The molecule has 2 aromatic rings. The van der Waals surface area contributed by atoms with Gasteiger partial charge in [-0.1, -0.05) is 59.7 Å². The summed E-state index contributed by atoms with van der Waals surface area (Å²) in [6, 6.07) is 12.9. The molecule has 0 saturated heterocycles. The molecule has 0 aromatic heterocycles. The molecule has 0 heterocycles. The zero-order valence-electron chi connectivity index (χ0n) is 42.6. The van der Waals surface area contributed by atoms with E-state index < -0.39 is 19.2 Å². The molecule has 71 heavy (non-hydrogen) atoms. The molecule has 20 heteroatoms. The Morgan fingerprint density at radius 2 is 0.831 bits per heavy atom. The van der Waals surface area contributed by atoms with E-state index in [9.17, 15) is 16.8 Å². The quantitative estimate of drug-likeness (QED) is 0.0370. The molecule has 0 radical (unpaired) electrons. The minimum Gasteiger partial charge on any atom is -0.396 e. The van der Waals surface area contributed by atoms with Crippen molar-refractivity contribution in [3.8, 4) is 0 Å². The van der Waals surface area contributed by atoms with Crippen LogP contribution in [-0.4, -0.2) is 181 Å². The summed E-state index contributed by atoms with van der Waals surface area (Å²) in [7, 11) is 2.73. The van der Waals surface area contributed by atoms with Crippen LogP contribution in [0.4, 0.5) is 0 Å². The number of hydrogen-bond donors (Lipinski definition) is 2. The van der Waals surface area contributed by atoms with Crippen LogP contribution in [-0.2, 0) is 70.7 Å². The van der Waals surface area contributed by atoms with Gasteiger partial charge >= 0.3 is 0 Å². The Morgan fingerprint density at radius 3 is 1.17 bits per heavy atom. The molecule has 2 saturated carbocycles. The molecule has 408 valence electrons. The molecule has 0 amide bonds. The molecular weight excluding hydrogens is 984 g/mol. The van der Waals surface area contributed by atoms with Crippen LogP contribution >= 0.6 is 10.7 Å². The summed E-state index contributed by atoms with van der Waals surface area (Å²) in [4.78, 5) is 0.292. The maximum Gasteiger partial charge on any atom is 0.297 e. The van der Waals surface area contributed by atoms with Crippen molar-refractivity contribution >= 4 is 29.9 Å². The minimum atomic E-state index is -3.71. The van der Waals surface area contributed by atoms with E-state index >= 15 is 0 Å². The molecule has 2 aromatic carbocycles. The Kier molecular flexibility index (Phi) is 36.4. The largest absolute Gasteiger partial charge is 0.396 e. The van der Waals surface area contributed by atoms with E-state index in [2.05, 4.69) is 24.3 Å². The zero-order chi connectivity index (χ0) is 52.0. The highest BCUT2D eigenvalue weighted by atomic mass is 35.7. The number of halogens is 1. The Labute approximate surface area is 428 Å². The summed E-state index contributed by atoms with van der Waals surface area (Å²) < 4.78 is 101. The number of aryl methyl sites for hydroxylation is 2. The first-order valence-electron chi connectivity index (χ1n) is 24.3. The van der Waals surface area contributed by atoms with Crippen LogP contribution in [0.15, 0.2) is 82.6 Å².